The number of carbonyl (C=O) groups excluding carboxylic acids is 2. The number of esters is 2. The van der Waals surface area contributed by atoms with Crippen LogP contribution < -0.4 is 0 Å². The van der Waals surface area contributed by atoms with Crippen LogP contribution in [0.1, 0.15) is 258 Å². The molecular weight excluding hydrogens is 789 g/mol. The van der Waals surface area contributed by atoms with Crippen LogP contribution in [0.5, 0.6) is 0 Å². The lowest BCUT2D eigenvalue weighted by atomic mass is 10.0. The molecule has 0 aliphatic rings. The molecular formula is C59H102O5. The Kier molecular flexibility index (Phi) is 51.9. The molecule has 0 rings (SSSR count). The van der Waals surface area contributed by atoms with Gasteiger partial charge in [0.25, 0.3) is 0 Å². The summed E-state index contributed by atoms with van der Waals surface area (Å²) < 4.78 is 10.7. The molecule has 1 N–H and O–H groups in total. The average molecular weight is 891 g/mol. The molecule has 368 valence electrons. The number of unbranched alkanes of at least 4 members (excludes halogenated alkanes) is 27. The number of carbonyl (C=O) groups is 2. The van der Waals surface area contributed by atoms with Crippen LogP contribution in [0.2, 0.25) is 0 Å². The predicted octanol–water partition coefficient (Wildman–Crippen LogP) is 18.2. The molecule has 0 aromatic carbocycles. The van der Waals surface area contributed by atoms with E-state index in [2.05, 4.69) is 98.9 Å². The summed E-state index contributed by atoms with van der Waals surface area (Å²) >= 11 is 0. The zero-order chi connectivity index (χ0) is 46.3. The first-order chi connectivity index (χ1) is 31.6. The second kappa shape index (κ2) is 54.4. The van der Waals surface area contributed by atoms with Crippen molar-refractivity contribution in [1.29, 1.82) is 0 Å². The third kappa shape index (κ3) is 51.7. The van der Waals surface area contributed by atoms with Gasteiger partial charge in [0, 0.05) is 12.8 Å². The number of ether oxygens (including phenoxy) is 2. The monoisotopic (exact) mass is 891 g/mol. The summed E-state index contributed by atoms with van der Waals surface area (Å²) in [4.78, 5) is 24.5. The Bertz CT molecular complexity index is 1190. The first kappa shape index (κ1) is 61.1. The fourth-order valence-corrected chi connectivity index (χ4v) is 7.61. The highest BCUT2D eigenvalue weighted by molar-refractivity contribution is 5.70. The quantitative estimate of drug-likeness (QED) is 0.0374. The lowest BCUT2D eigenvalue weighted by Gasteiger charge is -2.15. The van der Waals surface area contributed by atoms with E-state index in [1.165, 1.54) is 154 Å². The summed E-state index contributed by atoms with van der Waals surface area (Å²) in [6.07, 6.45) is 75.5. The second-order valence-electron chi connectivity index (χ2n) is 17.9. The third-order valence-electron chi connectivity index (χ3n) is 11.7. The zero-order valence-corrected chi connectivity index (χ0v) is 42.0. The van der Waals surface area contributed by atoms with Gasteiger partial charge in [0.15, 0.2) is 6.10 Å². The zero-order valence-electron chi connectivity index (χ0n) is 42.0. The maximum Gasteiger partial charge on any atom is 0.306 e. The minimum absolute atomic E-state index is 0.0860. The minimum atomic E-state index is -0.799. The molecule has 0 radical (unpaired) electrons. The van der Waals surface area contributed by atoms with Crippen LogP contribution in [0.4, 0.5) is 0 Å². The first-order valence-corrected chi connectivity index (χ1v) is 27.1. The summed E-state index contributed by atoms with van der Waals surface area (Å²) in [5, 5.41) is 9.63. The largest absolute Gasteiger partial charge is 0.462 e. The third-order valence-corrected chi connectivity index (χ3v) is 11.7. The highest BCUT2D eigenvalue weighted by Crippen LogP contribution is 2.16. The normalized spacial score (nSPS) is 12.9. The van der Waals surface area contributed by atoms with Crippen LogP contribution in [-0.2, 0) is 19.1 Å². The lowest BCUT2D eigenvalue weighted by Crippen LogP contribution is -2.28. The van der Waals surface area contributed by atoms with Crippen LogP contribution in [-0.4, -0.2) is 36.4 Å². The minimum Gasteiger partial charge on any atom is -0.462 e. The van der Waals surface area contributed by atoms with Crippen molar-refractivity contribution in [3.63, 3.8) is 0 Å². The fourth-order valence-electron chi connectivity index (χ4n) is 7.61. The summed E-state index contributed by atoms with van der Waals surface area (Å²) in [5.74, 6) is -0.638. The number of hydrogen-bond acceptors (Lipinski definition) is 5. The topological polar surface area (TPSA) is 72.8 Å². The molecule has 0 aliphatic carbocycles. The van der Waals surface area contributed by atoms with Crippen LogP contribution >= 0.6 is 0 Å². The average Bonchev–Trinajstić information content (AvgIpc) is 3.30. The van der Waals surface area contributed by atoms with Gasteiger partial charge in [0.05, 0.1) is 6.61 Å². The van der Waals surface area contributed by atoms with Gasteiger partial charge in [0.1, 0.15) is 6.61 Å². The Morgan fingerprint density at radius 3 is 1.06 bits per heavy atom. The van der Waals surface area contributed by atoms with Gasteiger partial charge in [0.2, 0.25) is 0 Å². The molecule has 1 unspecified atom stereocenters. The highest BCUT2D eigenvalue weighted by Gasteiger charge is 2.16. The standard InChI is InChI=1S/C59H102O5/c1-3-5-7-9-11-13-15-17-19-21-23-25-26-27-28-29-30-31-32-34-35-37-39-41-43-45-47-49-51-53-58(61)63-56-57(55-60)64-59(62)54-52-50-48-46-44-42-40-38-36-33-24-22-20-18-16-14-12-10-8-6-4-2/h6,8,12,14,18,20-21,23-24,33,38,40,44,46,57,60H,3-5,7,9-11,13,15-17,19,22,25-32,34-37,39,41-43,45,47-56H2,1-2H3/b8-6-,14-12-,20-18-,23-21-,33-24-,40-38-,46-44-. The van der Waals surface area contributed by atoms with E-state index in [4.69, 9.17) is 9.47 Å². The van der Waals surface area contributed by atoms with E-state index in [0.717, 1.165) is 77.0 Å². The first-order valence-electron chi connectivity index (χ1n) is 27.1. The predicted molar refractivity (Wildman–Crippen MR) is 279 cm³/mol. The molecule has 0 fully saturated rings. The molecule has 0 heterocycles. The van der Waals surface area contributed by atoms with Gasteiger partial charge >= 0.3 is 11.9 Å². The Morgan fingerprint density at radius 1 is 0.375 bits per heavy atom. The molecule has 5 nitrogen and oxygen atoms in total. The molecule has 0 spiro atoms. The smallest absolute Gasteiger partial charge is 0.306 e. The van der Waals surface area contributed by atoms with Crippen molar-refractivity contribution in [3.8, 4) is 0 Å². The van der Waals surface area contributed by atoms with Crippen LogP contribution in [0, 0.1) is 0 Å². The summed E-state index contributed by atoms with van der Waals surface area (Å²) in [6, 6.07) is 0. The molecule has 0 aliphatic heterocycles. The lowest BCUT2D eigenvalue weighted by molar-refractivity contribution is -0.161. The van der Waals surface area contributed by atoms with Crippen LogP contribution in [0.25, 0.3) is 0 Å². The summed E-state index contributed by atoms with van der Waals surface area (Å²) in [6.45, 7) is 4.01. The Labute approximate surface area is 396 Å². The number of aliphatic hydroxyl groups excluding tert-OH is 1. The number of aliphatic hydroxyl groups is 1. The molecule has 0 bridgehead atoms. The van der Waals surface area contributed by atoms with Gasteiger partial charge in [-0.25, -0.2) is 0 Å². The van der Waals surface area contributed by atoms with Gasteiger partial charge in [-0.1, -0.05) is 240 Å². The van der Waals surface area contributed by atoms with Crippen molar-refractivity contribution in [2.24, 2.45) is 0 Å². The Balaban J connectivity index is 3.53. The second-order valence-corrected chi connectivity index (χ2v) is 17.9. The van der Waals surface area contributed by atoms with Crippen molar-refractivity contribution >= 4 is 11.9 Å². The van der Waals surface area contributed by atoms with Gasteiger partial charge in [-0.2, -0.15) is 0 Å². The summed E-state index contributed by atoms with van der Waals surface area (Å²) in [7, 11) is 0. The van der Waals surface area contributed by atoms with Crippen molar-refractivity contribution in [1.82, 2.24) is 0 Å². The van der Waals surface area contributed by atoms with E-state index >= 15 is 0 Å². The van der Waals surface area contributed by atoms with Crippen molar-refractivity contribution in [2.45, 2.75) is 264 Å². The SMILES string of the molecule is CC/C=C\C/C=C\C/C=C\C/C=C\C/C=C\C/C=C\CCCCC(=O)OC(CO)COC(=O)CCCCCCCCCCCCCCCCCCC/C=C\CCCCCCCCCC. The van der Waals surface area contributed by atoms with E-state index in [9.17, 15) is 14.7 Å². The van der Waals surface area contributed by atoms with Gasteiger partial charge in [-0.05, 0) is 89.9 Å². The van der Waals surface area contributed by atoms with E-state index in [1.54, 1.807) is 0 Å². The fraction of sp³-hybridized carbons (Fsp3) is 0.729. The van der Waals surface area contributed by atoms with E-state index in [1.807, 2.05) is 0 Å². The van der Waals surface area contributed by atoms with Gasteiger partial charge in [-0.3, -0.25) is 9.59 Å². The molecule has 0 aromatic heterocycles. The molecule has 1 atom stereocenters. The highest BCUT2D eigenvalue weighted by atomic mass is 16.6. The van der Waals surface area contributed by atoms with E-state index in [0.29, 0.717) is 12.8 Å². The molecule has 0 aromatic rings. The van der Waals surface area contributed by atoms with Gasteiger partial charge < -0.3 is 14.6 Å². The maximum absolute atomic E-state index is 12.3. The van der Waals surface area contributed by atoms with Crippen LogP contribution in [0.15, 0.2) is 85.1 Å². The van der Waals surface area contributed by atoms with E-state index in [-0.39, 0.29) is 25.2 Å². The number of rotatable bonds is 49. The van der Waals surface area contributed by atoms with Crippen molar-refractivity contribution in [2.75, 3.05) is 13.2 Å². The molecule has 5 heteroatoms. The molecule has 0 saturated heterocycles. The Hall–Kier alpha value is -2.92. The van der Waals surface area contributed by atoms with Gasteiger partial charge in [-0.15, -0.1) is 0 Å². The molecule has 0 saturated carbocycles. The van der Waals surface area contributed by atoms with Crippen molar-refractivity contribution in [3.05, 3.63) is 85.1 Å². The summed E-state index contributed by atoms with van der Waals surface area (Å²) in [5.41, 5.74) is 0. The molecule has 64 heavy (non-hydrogen) atoms. The maximum atomic E-state index is 12.3. The van der Waals surface area contributed by atoms with E-state index < -0.39 is 6.10 Å². The number of allylic oxidation sites excluding steroid dienone is 14. The van der Waals surface area contributed by atoms with Crippen molar-refractivity contribution < 1.29 is 24.2 Å². The number of hydrogen-bond donors (Lipinski definition) is 1. The molecule has 0 amide bonds. The Morgan fingerprint density at radius 2 is 0.672 bits per heavy atom. The van der Waals surface area contributed by atoms with Crippen LogP contribution in [0.3, 0.4) is 0 Å².